The Morgan fingerprint density at radius 1 is 1.26 bits per heavy atom. The van der Waals surface area contributed by atoms with Crippen LogP contribution in [-0.4, -0.2) is 44.1 Å². The molecule has 0 radical (unpaired) electrons. The zero-order valence-corrected chi connectivity index (χ0v) is 11.3. The van der Waals surface area contributed by atoms with Gasteiger partial charge in [0.1, 0.15) is 0 Å². The number of terminal acetylenes is 1. The van der Waals surface area contributed by atoms with Gasteiger partial charge in [-0.2, -0.15) is 0 Å². The van der Waals surface area contributed by atoms with E-state index in [4.69, 9.17) is 11.2 Å². The second kappa shape index (κ2) is 7.97. The molecule has 3 amide bonds. The molecule has 19 heavy (non-hydrogen) atoms. The van der Waals surface area contributed by atoms with Gasteiger partial charge in [0.15, 0.2) is 5.54 Å². The number of ether oxygens (including phenoxy) is 1. The number of hydrogen-bond donors (Lipinski definition) is 3. The summed E-state index contributed by atoms with van der Waals surface area (Å²) in [4.78, 5) is 34.8. The van der Waals surface area contributed by atoms with Crippen molar-refractivity contribution < 1.29 is 19.1 Å². The molecule has 0 rings (SSSR count). The van der Waals surface area contributed by atoms with Crippen molar-refractivity contribution in [3.63, 3.8) is 0 Å². The third-order valence-corrected chi connectivity index (χ3v) is 2.32. The van der Waals surface area contributed by atoms with Crippen LogP contribution in [0, 0.1) is 12.3 Å². The maximum absolute atomic E-state index is 11.8. The van der Waals surface area contributed by atoms with Crippen LogP contribution in [0.1, 0.15) is 19.8 Å². The molecule has 0 saturated carbocycles. The van der Waals surface area contributed by atoms with E-state index in [2.05, 4.69) is 21.9 Å². The van der Waals surface area contributed by atoms with Gasteiger partial charge in [0, 0.05) is 14.1 Å². The van der Waals surface area contributed by atoms with E-state index in [-0.39, 0.29) is 13.0 Å². The van der Waals surface area contributed by atoms with E-state index in [9.17, 15) is 14.4 Å². The first-order chi connectivity index (χ1) is 8.95. The minimum atomic E-state index is -1.76. The number of rotatable bonds is 6. The Bertz CT molecular complexity index is 389. The fraction of sp³-hybridized carbons (Fsp3) is 0.583. The Morgan fingerprint density at radius 3 is 2.32 bits per heavy atom. The van der Waals surface area contributed by atoms with Crippen molar-refractivity contribution >= 4 is 17.9 Å². The van der Waals surface area contributed by atoms with Crippen molar-refractivity contribution in [2.24, 2.45) is 0 Å². The quantitative estimate of drug-likeness (QED) is 0.560. The molecule has 0 bridgehead atoms. The van der Waals surface area contributed by atoms with Crippen LogP contribution in [0.4, 0.5) is 4.79 Å². The molecule has 7 heteroatoms. The van der Waals surface area contributed by atoms with Crippen LogP contribution in [-0.2, 0) is 14.3 Å². The zero-order valence-electron chi connectivity index (χ0n) is 11.3. The Morgan fingerprint density at radius 2 is 1.89 bits per heavy atom. The summed E-state index contributed by atoms with van der Waals surface area (Å²) in [6.07, 6.45) is 4.72. The van der Waals surface area contributed by atoms with E-state index in [1.807, 2.05) is 6.92 Å². The highest BCUT2D eigenvalue weighted by Crippen LogP contribution is 2.10. The SMILES string of the molecule is C#CC(CC(=O)NC)(NC(=O)OCCC)C(=O)NC. The van der Waals surface area contributed by atoms with E-state index in [1.54, 1.807) is 0 Å². The highest BCUT2D eigenvalue weighted by Gasteiger charge is 2.40. The second-order valence-corrected chi connectivity index (χ2v) is 3.74. The molecule has 0 fully saturated rings. The van der Waals surface area contributed by atoms with Gasteiger partial charge in [-0.05, 0) is 6.42 Å². The van der Waals surface area contributed by atoms with Crippen LogP contribution in [0.3, 0.4) is 0 Å². The van der Waals surface area contributed by atoms with E-state index in [1.165, 1.54) is 14.1 Å². The molecule has 7 nitrogen and oxygen atoms in total. The number of alkyl carbamates (subject to hydrolysis) is 1. The normalized spacial score (nSPS) is 12.5. The molecule has 0 saturated heterocycles. The van der Waals surface area contributed by atoms with E-state index < -0.39 is 23.4 Å². The monoisotopic (exact) mass is 269 g/mol. The van der Waals surface area contributed by atoms with Crippen molar-refractivity contribution in [1.29, 1.82) is 0 Å². The van der Waals surface area contributed by atoms with Crippen LogP contribution in [0.5, 0.6) is 0 Å². The molecule has 0 spiro atoms. The summed E-state index contributed by atoms with van der Waals surface area (Å²) in [5, 5.41) is 6.92. The van der Waals surface area contributed by atoms with Gasteiger partial charge < -0.3 is 15.4 Å². The highest BCUT2D eigenvalue weighted by molar-refractivity contribution is 5.97. The summed E-state index contributed by atoms with van der Waals surface area (Å²) < 4.78 is 4.80. The van der Waals surface area contributed by atoms with Crippen LogP contribution < -0.4 is 16.0 Å². The van der Waals surface area contributed by atoms with E-state index >= 15 is 0 Å². The van der Waals surface area contributed by atoms with Crippen molar-refractivity contribution in [2.45, 2.75) is 25.3 Å². The number of carbonyl (C=O) groups is 3. The summed E-state index contributed by atoms with van der Waals surface area (Å²) in [6, 6.07) is 0. The molecular weight excluding hydrogens is 250 g/mol. The molecule has 1 atom stereocenters. The van der Waals surface area contributed by atoms with Gasteiger partial charge in [-0.3, -0.25) is 14.9 Å². The van der Waals surface area contributed by atoms with Crippen LogP contribution in [0.15, 0.2) is 0 Å². The fourth-order valence-electron chi connectivity index (χ4n) is 1.28. The number of likely N-dealkylation sites (N-methyl/N-ethyl adjacent to an activating group) is 1. The predicted octanol–water partition coefficient (Wildman–Crippen LogP) is -0.623. The molecule has 0 aromatic carbocycles. The lowest BCUT2D eigenvalue weighted by Crippen LogP contribution is -2.59. The summed E-state index contributed by atoms with van der Waals surface area (Å²) >= 11 is 0. The first-order valence-corrected chi connectivity index (χ1v) is 5.81. The maximum Gasteiger partial charge on any atom is 0.408 e. The van der Waals surface area contributed by atoms with Crippen molar-refractivity contribution in [3.05, 3.63) is 0 Å². The number of hydrogen-bond acceptors (Lipinski definition) is 4. The summed E-state index contributed by atoms with van der Waals surface area (Å²) in [7, 11) is 2.76. The minimum Gasteiger partial charge on any atom is -0.450 e. The van der Waals surface area contributed by atoms with Crippen LogP contribution >= 0.6 is 0 Å². The third kappa shape index (κ3) is 4.87. The Balaban J connectivity index is 5.04. The van der Waals surface area contributed by atoms with Gasteiger partial charge >= 0.3 is 6.09 Å². The minimum absolute atomic E-state index is 0.195. The molecule has 0 aliphatic rings. The highest BCUT2D eigenvalue weighted by atomic mass is 16.5. The number of amides is 3. The molecule has 0 heterocycles. The van der Waals surface area contributed by atoms with Gasteiger partial charge in [0.25, 0.3) is 5.91 Å². The molecule has 106 valence electrons. The van der Waals surface area contributed by atoms with Crippen molar-refractivity contribution in [1.82, 2.24) is 16.0 Å². The topological polar surface area (TPSA) is 96.5 Å². The number of nitrogens with one attached hydrogen (secondary N) is 3. The largest absolute Gasteiger partial charge is 0.450 e. The molecule has 1 unspecified atom stereocenters. The van der Waals surface area contributed by atoms with Gasteiger partial charge in [0.05, 0.1) is 13.0 Å². The smallest absolute Gasteiger partial charge is 0.408 e. The van der Waals surface area contributed by atoms with Crippen LogP contribution in [0.2, 0.25) is 0 Å². The Hall–Kier alpha value is -2.23. The lowest BCUT2D eigenvalue weighted by molar-refractivity contribution is -0.130. The zero-order chi connectivity index (χ0) is 14.9. The number of carbonyl (C=O) groups excluding carboxylic acids is 3. The van der Waals surface area contributed by atoms with Gasteiger partial charge in [-0.25, -0.2) is 4.79 Å². The molecule has 0 aromatic heterocycles. The molecular formula is C12H19N3O4. The first-order valence-electron chi connectivity index (χ1n) is 5.81. The third-order valence-electron chi connectivity index (χ3n) is 2.32. The summed E-state index contributed by atoms with van der Waals surface area (Å²) in [5.74, 6) is 1.02. The van der Waals surface area contributed by atoms with E-state index in [0.717, 1.165) is 0 Å². The average Bonchev–Trinajstić information content (AvgIpc) is 2.42. The standard InChI is InChI=1S/C12H19N3O4/c1-5-7-19-11(18)15-12(6-2,10(17)14-4)8-9(16)13-3/h2H,5,7-8H2,1,3-4H3,(H,13,16)(H,14,17)(H,15,18). The fourth-order valence-corrected chi connectivity index (χ4v) is 1.28. The lowest BCUT2D eigenvalue weighted by Gasteiger charge is -2.26. The van der Waals surface area contributed by atoms with Crippen molar-refractivity contribution in [3.8, 4) is 12.3 Å². The molecule has 0 aromatic rings. The predicted molar refractivity (Wildman–Crippen MR) is 69.1 cm³/mol. The Kier molecular flexibility index (Phi) is 7.04. The van der Waals surface area contributed by atoms with Gasteiger partial charge in [-0.1, -0.05) is 12.8 Å². The maximum atomic E-state index is 11.8. The van der Waals surface area contributed by atoms with E-state index in [0.29, 0.717) is 6.42 Å². The summed E-state index contributed by atoms with van der Waals surface area (Å²) in [5.41, 5.74) is -1.76. The first kappa shape index (κ1) is 16.8. The summed E-state index contributed by atoms with van der Waals surface area (Å²) in [6.45, 7) is 2.02. The van der Waals surface area contributed by atoms with Gasteiger partial charge in [0.2, 0.25) is 5.91 Å². The van der Waals surface area contributed by atoms with Gasteiger partial charge in [-0.15, -0.1) is 6.42 Å². The Labute approximate surface area is 112 Å². The molecule has 0 aliphatic carbocycles. The molecule has 0 aliphatic heterocycles. The lowest BCUT2D eigenvalue weighted by atomic mass is 9.94. The van der Waals surface area contributed by atoms with Crippen molar-refractivity contribution in [2.75, 3.05) is 20.7 Å². The second-order valence-electron chi connectivity index (χ2n) is 3.74. The average molecular weight is 269 g/mol. The molecule has 3 N–H and O–H groups in total. The van der Waals surface area contributed by atoms with Crippen LogP contribution in [0.25, 0.3) is 0 Å².